The zero-order valence-corrected chi connectivity index (χ0v) is 14.2. The number of rotatable bonds is 7. The first-order chi connectivity index (χ1) is 8.31. The minimum Gasteiger partial charge on any atom is -0.459 e. The molecule has 0 spiro atoms. The van der Waals surface area contributed by atoms with E-state index in [4.69, 9.17) is 9.47 Å². The van der Waals surface area contributed by atoms with Crippen molar-refractivity contribution >= 4 is 5.97 Å². The van der Waals surface area contributed by atoms with Crippen LogP contribution in [0.15, 0.2) is 0 Å². The molecule has 0 heterocycles. The van der Waals surface area contributed by atoms with Crippen molar-refractivity contribution in [3.63, 3.8) is 0 Å². The highest BCUT2D eigenvalue weighted by Gasteiger charge is 2.38. The Kier molecular flexibility index (Phi) is 6.07. The monoisotopic (exact) mass is 272 g/mol. The van der Waals surface area contributed by atoms with Gasteiger partial charge in [0.1, 0.15) is 5.60 Å². The van der Waals surface area contributed by atoms with Gasteiger partial charge in [-0.1, -0.05) is 13.8 Å². The molecular formula is C16H32O3. The van der Waals surface area contributed by atoms with Crippen LogP contribution in [-0.2, 0) is 14.3 Å². The molecule has 0 rings (SSSR count). The highest BCUT2D eigenvalue weighted by atomic mass is 16.6. The van der Waals surface area contributed by atoms with Gasteiger partial charge in [-0.25, -0.2) is 0 Å². The summed E-state index contributed by atoms with van der Waals surface area (Å²) in [5.41, 5.74) is -1.29. The molecule has 0 saturated heterocycles. The van der Waals surface area contributed by atoms with E-state index >= 15 is 0 Å². The molecule has 0 aliphatic heterocycles. The molecule has 114 valence electrons. The van der Waals surface area contributed by atoms with Gasteiger partial charge >= 0.3 is 5.97 Å². The second-order valence-electron chi connectivity index (χ2n) is 7.77. The second-order valence-corrected chi connectivity index (χ2v) is 7.77. The van der Waals surface area contributed by atoms with E-state index in [0.29, 0.717) is 12.3 Å². The van der Waals surface area contributed by atoms with Crippen LogP contribution in [0.25, 0.3) is 0 Å². The number of hydrogen-bond donors (Lipinski definition) is 0. The summed E-state index contributed by atoms with van der Waals surface area (Å²) in [6.07, 6.45) is 1.50. The van der Waals surface area contributed by atoms with Crippen LogP contribution < -0.4 is 0 Å². The molecule has 19 heavy (non-hydrogen) atoms. The number of hydrogen-bond acceptors (Lipinski definition) is 3. The summed E-state index contributed by atoms with van der Waals surface area (Å²) in [6, 6.07) is 0. The van der Waals surface area contributed by atoms with Crippen molar-refractivity contribution in [2.75, 3.05) is 7.11 Å². The average Bonchev–Trinajstić information content (AvgIpc) is 2.12. The maximum absolute atomic E-state index is 12.4. The molecule has 0 aromatic carbocycles. The maximum Gasteiger partial charge on any atom is 0.312 e. The summed E-state index contributed by atoms with van der Waals surface area (Å²) >= 11 is 0. The predicted molar refractivity (Wildman–Crippen MR) is 79.1 cm³/mol. The summed E-state index contributed by atoms with van der Waals surface area (Å²) in [4.78, 5) is 12.4. The molecule has 0 aliphatic rings. The number of methoxy groups -OCH3 is 1. The fourth-order valence-corrected chi connectivity index (χ4v) is 2.62. The van der Waals surface area contributed by atoms with Crippen molar-refractivity contribution in [1.82, 2.24) is 0 Å². The van der Waals surface area contributed by atoms with Crippen LogP contribution in [0, 0.1) is 11.3 Å². The van der Waals surface area contributed by atoms with Gasteiger partial charge in [-0.3, -0.25) is 4.79 Å². The molecule has 0 atom stereocenters. The molecule has 0 amide bonds. The van der Waals surface area contributed by atoms with Gasteiger partial charge in [-0.15, -0.1) is 0 Å². The lowest BCUT2D eigenvalue weighted by Crippen LogP contribution is -2.40. The highest BCUT2D eigenvalue weighted by Crippen LogP contribution is 2.33. The van der Waals surface area contributed by atoms with E-state index in [1.54, 1.807) is 7.11 Å². The molecular weight excluding hydrogens is 240 g/mol. The Bertz CT molecular complexity index is 301. The number of carbonyl (C=O) groups is 1. The first-order valence-electron chi connectivity index (χ1n) is 7.10. The Morgan fingerprint density at radius 3 is 1.84 bits per heavy atom. The SMILES string of the molecule is COC(C)(C)CC(C)(C)C(=O)OC(C)(C)CC(C)C. The fraction of sp³-hybridized carbons (Fsp3) is 0.938. The van der Waals surface area contributed by atoms with Gasteiger partial charge in [0, 0.05) is 7.11 Å². The number of ether oxygens (including phenoxy) is 2. The summed E-state index contributed by atoms with van der Waals surface area (Å²) in [5, 5.41) is 0. The van der Waals surface area contributed by atoms with Gasteiger partial charge in [0.15, 0.2) is 0 Å². The fourth-order valence-electron chi connectivity index (χ4n) is 2.62. The summed E-state index contributed by atoms with van der Waals surface area (Å²) < 4.78 is 11.1. The van der Waals surface area contributed by atoms with Crippen LogP contribution in [0.2, 0.25) is 0 Å². The Hall–Kier alpha value is -0.570. The standard InChI is InChI=1S/C16H32O3/c1-12(2)10-15(5,6)19-13(17)14(3,4)11-16(7,8)18-9/h12H,10-11H2,1-9H3. The van der Waals surface area contributed by atoms with Gasteiger partial charge in [-0.05, 0) is 60.3 Å². The largest absolute Gasteiger partial charge is 0.459 e. The van der Waals surface area contributed by atoms with Crippen LogP contribution >= 0.6 is 0 Å². The van der Waals surface area contributed by atoms with Gasteiger partial charge in [0.2, 0.25) is 0 Å². The van der Waals surface area contributed by atoms with Gasteiger partial charge in [0.05, 0.1) is 11.0 Å². The van der Waals surface area contributed by atoms with Crippen molar-refractivity contribution < 1.29 is 14.3 Å². The smallest absolute Gasteiger partial charge is 0.312 e. The topological polar surface area (TPSA) is 35.5 Å². The summed E-state index contributed by atoms with van der Waals surface area (Å²) in [5.74, 6) is 0.351. The molecule has 3 heteroatoms. The first-order valence-corrected chi connectivity index (χ1v) is 7.10. The van der Waals surface area contributed by atoms with Crippen molar-refractivity contribution in [2.45, 2.75) is 79.4 Å². The molecule has 0 saturated carbocycles. The van der Waals surface area contributed by atoms with E-state index in [9.17, 15) is 4.79 Å². The van der Waals surface area contributed by atoms with Crippen molar-refractivity contribution in [3.8, 4) is 0 Å². The Balaban J connectivity index is 4.72. The zero-order valence-electron chi connectivity index (χ0n) is 14.2. The highest BCUT2D eigenvalue weighted by molar-refractivity contribution is 5.76. The third-order valence-electron chi connectivity index (χ3n) is 3.24. The van der Waals surface area contributed by atoms with E-state index in [-0.39, 0.29) is 11.6 Å². The summed E-state index contributed by atoms with van der Waals surface area (Å²) in [7, 11) is 1.67. The van der Waals surface area contributed by atoms with Gasteiger partial charge < -0.3 is 9.47 Å². The van der Waals surface area contributed by atoms with E-state index in [0.717, 1.165) is 6.42 Å². The van der Waals surface area contributed by atoms with Crippen molar-refractivity contribution in [1.29, 1.82) is 0 Å². The third kappa shape index (κ3) is 6.95. The van der Waals surface area contributed by atoms with Crippen LogP contribution in [-0.4, -0.2) is 24.3 Å². The normalized spacial score (nSPS) is 13.8. The van der Waals surface area contributed by atoms with E-state index < -0.39 is 11.0 Å². The molecule has 0 radical (unpaired) electrons. The van der Waals surface area contributed by atoms with E-state index in [1.165, 1.54) is 0 Å². The number of esters is 1. The second kappa shape index (κ2) is 6.25. The van der Waals surface area contributed by atoms with Gasteiger partial charge in [-0.2, -0.15) is 0 Å². The van der Waals surface area contributed by atoms with E-state index in [1.807, 2.05) is 41.5 Å². The number of carbonyl (C=O) groups excluding carboxylic acids is 1. The summed E-state index contributed by atoms with van der Waals surface area (Å²) in [6.45, 7) is 16.0. The third-order valence-corrected chi connectivity index (χ3v) is 3.24. The minimum absolute atomic E-state index is 0.150. The molecule has 0 aromatic rings. The predicted octanol–water partition coefficient (Wildman–Crippen LogP) is 4.20. The Morgan fingerprint density at radius 1 is 1.00 bits per heavy atom. The van der Waals surface area contributed by atoms with Crippen molar-refractivity contribution in [3.05, 3.63) is 0 Å². The average molecular weight is 272 g/mol. The van der Waals surface area contributed by atoms with Crippen molar-refractivity contribution in [2.24, 2.45) is 11.3 Å². The van der Waals surface area contributed by atoms with Crippen LogP contribution in [0.5, 0.6) is 0 Å². The van der Waals surface area contributed by atoms with Crippen LogP contribution in [0.3, 0.4) is 0 Å². The van der Waals surface area contributed by atoms with Crippen LogP contribution in [0.4, 0.5) is 0 Å². The molecule has 0 aromatic heterocycles. The first kappa shape index (κ1) is 18.4. The zero-order chi connectivity index (χ0) is 15.5. The quantitative estimate of drug-likeness (QED) is 0.652. The van der Waals surface area contributed by atoms with Crippen LogP contribution in [0.1, 0.15) is 68.2 Å². The minimum atomic E-state index is -0.548. The molecule has 0 unspecified atom stereocenters. The molecule has 0 N–H and O–H groups in total. The Labute approximate surface area is 119 Å². The van der Waals surface area contributed by atoms with Gasteiger partial charge in [0.25, 0.3) is 0 Å². The molecule has 3 nitrogen and oxygen atoms in total. The molecule has 0 bridgehead atoms. The maximum atomic E-state index is 12.4. The lowest BCUT2D eigenvalue weighted by molar-refractivity contribution is -0.172. The lowest BCUT2D eigenvalue weighted by Gasteiger charge is -2.36. The molecule has 0 fully saturated rings. The Morgan fingerprint density at radius 2 is 1.47 bits per heavy atom. The lowest BCUT2D eigenvalue weighted by atomic mass is 9.81. The van der Waals surface area contributed by atoms with E-state index in [2.05, 4.69) is 13.8 Å². The molecule has 0 aliphatic carbocycles.